The second kappa shape index (κ2) is 7.98. The number of carbonyl (C=O) groups excluding carboxylic acids is 2. The van der Waals surface area contributed by atoms with Gasteiger partial charge in [-0.1, -0.05) is 18.2 Å². The molecule has 0 aliphatic heterocycles. The smallest absolute Gasteiger partial charge is 0.341 e. The van der Waals surface area contributed by atoms with Gasteiger partial charge in [-0.15, -0.1) is 0 Å². The van der Waals surface area contributed by atoms with Gasteiger partial charge in [-0.3, -0.25) is 4.79 Å². The number of nitrogens with one attached hydrogen (secondary N) is 2. The molecule has 0 aliphatic rings. The molecule has 0 saturated carbocycles. The van der Waals surface area contributed by atoms with Crippen molar-refractivity contribution in [1.29, 1.82) is 0 Å². The molecule has 1 aromatic carbocycles. The molecule has 1 aromatic heterocycles. The molecule has 0 aliphatic carbocycles. The van der Waals surface area contributed by atoms with E-state index in [-0.39, 0.29) is 5.91 Å². The number of amides is 1. The predicted molar refractivity (Wildman–Crippen MR) is 94.8 cm³/mol. The lowest BCUT2D eigenvalue weighted by molar-refractivity contribution is -0.886. The van der Waals surface area contributed by atoms with Crippen molar-refractivity contribution in [3.8, 4) is 0 Å². The van der Waals surface area contributed by atoms with Crippen molar-refractivity contribution in [3.05, 3.63) is 52.5 Å². The zero-order valence-electron chi connectivity index (χ0n) is 15.4. The molecule has 25 heavy (non-hydrogen) atoms. The average Bonchev–Trinajstić information content (AvgIpc) is 2.90. The number of methoxy groups -OCH3 is 1. The van der Waals surface area contributed by atoms with Gasteiger partial charge in [0.25, 0.3) is 5.91 Å². The van der Waals surface area contributed by atoms with Crippen LogP contribution in [0.15, 0.2) is 28.7 Å². The van der Waals surface area contributed by atoms with Gasteiger partial charge >= 0.3 is 5.97 Å². The van der Waals surface area contributed by atoms with Gasteiger partial charge in [0, 0.05) is 11.8 Å². The number of quaternary nitrogens is 1. The maximum absolute atomic E-state index is 12.3. The summed E-state index contributed by atoms with van der Waals surface area (Å²) in [6.45, 7) is 6.45. The Bertz CT molecular complexity index is 759. The van der Waals surface area contributed by atoms with Crippen LogP contribution in [0.1, 0.15) is 33.0 Å². The summed E-state index contributed by atoms with van der Waals surface area (Å²) in [5, 5.41) is 2.97. The largest absolute Gasteiger partial charge is 0.465 e. The summed E-state index contributed by atoms with van der Waals surface area (Å²) >= 11 is 0. The van der Waals surface area contributed by atoms with Crippen molar-refractivity contribution < 1.29 is 23.6 Å². The van der Waals surface area contributed by atoms with Crippen LogP contribution in [0.4, 0.5) is 5.69 Å². The number of hydrogen-bond donors (Lipinski definition) is 2. The Kier molecular flexibility index (Phi) is 5.98. The van der Waals surface area contributed by atoms with Gasteiger partial charge in [-0.25, -0.2) is 4.79 Å². The third-order valence-electron chi connectivity index (χ3n) is 4.06. The van der Waals surface area contributed by atoms with Crippen LogP contribution in [-0.4, -0.2) is 32.6 Å². The van der Waals surface area contributed by atoms with E-state index in [2.05, 4.69) is 5.32 Å². The number of esters is 1. The highest BCUT2D eigenvalue weighted by Gasteiger charge is 2.19. The first-order valence-electron chi connectivity index (χ1n) is 8.16. The third-order valence-corrected chi connectivity index (χ3v) is 4.06. The van der Waals surface area contributed by atoms with Crippen molar-refractivity contribution in [2.75, 3.05) is 26.0 Å². The van der Waals surface area contributed by atoms with Crippen LogP contribution in [0.2, 0.25) is 0 Å². The van der Waals surface area contributed by atoms with E-state index >= 15 is 0 Å². The Hall–Kier alpha value is -2.60. The van der Waals surface area contributed by atoms with Crippen LogP contribution in [0, 0.1) is 20.8 Å². The molecule has 1 heterocycles. The van der Waals surface area contributed by atoms with E-state index in [1.807, 2.05) is 39.1 Å². The molecule has 6 heteroatoms. The van der Waals surface area contributed by atoms with Crippen LogP contribution in [0.5, 0.6) is 0 Å². The fourth-order valence-corrected chi connectivity index (χ4v) is 2.77. The highest BCUT2D eigenvalue weighted by Crippen LogP contribution is 2.19. The Morgan fingerprint density at radius 2 is 1.84 bits per heavy atom. The maximum atomic E-state index is 12.3. The quantitative estimate of drug-likeness (QED) is 0.781. The van der Waals surface area contributed by atoms with Crippen molar-refractivity contribution in [3.63, 3.8) is 0 Å². The number of carbonyl (C=O) groups is 2. The minimum atomic E-state index is -0.419. The number of rotatable bonds is 6. The highest BCUT2D eigenvalue weighted by atomic mass is 16.5. The van der Waals surface area contributed by atoms with Gasteiger partial charge in [-0.05, 0) is 31.9 Å². The summed E-state index contributed by atoms with van der Waals surface area (Å²) in [7, 11) is 3.24. The third kappa shape index (κ3) is 4.70. The van der Waals surface area contributed by atoms with Crippen LogP contribution in [-0.2, 0) is 16.1 Å². The van der Waals surface area contributed by atoms with E-state index in [1.165, 1.54) is 7.11 Å². The zero-order chi connectivity index (χ0) is 18.6. The van der Waals surface area contributed by atoms with E-state index in [0.29, 0.717) is 30.2 Å². The number of hydrogen-bond acceptors (Lipinski definition) is 4. The van der Waals surface area contributed by atoms with E-state index in [0.717, 1.165) is 21.7 Å². The van der Waals surface area contributed by atoms with Gasteiger partial charge < -0.3 is 19.4 Å². The fraction of sp³-hybridized carbons (Fsp3) is 0.368. The lowest BCUT2D eigenvalue weighted by Gasteiger charge is -2.14. The highest BCUT2D eigenvalue weighted by molar-refractivity contribution is 5.93. The predicted octanol–water partition coefficient (Wildman–Crippen LogP) is 1.64. The zero-order valence-corrected chi connectivity index (χ0v) is 15.4. The molecule has 0 spiro atoms. The topological polar surface area (TPSA) is 73.0 Å². The van der Waals surface area contributed by atoms with Crippen LogP contribution >= 0.6 is 0 Å². The second-order valence-electron chi connectivity index (χ2n) is 6.30. The molecular formula is C19H25N2O4+. The molecule has 0 bridgehead atoms. The molecule has 134 valence electrons. The molecule has 1 unspecified atom stereocenters. The average molecular weight is 345 g/mol. The van der Waals surface area contributed by atoms with Crippen molar-refractivity contribution in [2.24, 2.45) is 0 Å². The number of ether oxygens (including phenoxy) is 1. The second-order valence-corrected chi connectivity index (χ2v) is 6.30. The first kappa shape index (κ1) is 18.7. The Morgan fingerprint density at radius 1 is 1.20 bits per heavy atom. The molecule has 1 atom stereocenters. The first-order chi connectivity index (χ1) is 11.8. The summed E-state index contributed by atoms with van der Waals surface area (Å²) in [6, 6.07) is 7.59. The van der Waals surface area contributed by atoms with Crippen LogP contribution in [0.3, 0.4) is 0 Å². The SMILES string of the molecule is COC(=O)c1cc(C[NH+](C)CC(=O)Nc2c(C)cccc2C)oc1C. The van der Waals surface area contributed by atoms with Gasteiger partial charge in [-0.2, -0.15) is 0 Å². The number of likely N-dealkylation sites (N-methyl/N-ethyl adjacent to an activating group) is 1. The summed E-state index contributed by atoms with van der Waals surface area (Å²) in [5.41, 5.74) is 3.36. The lowest BCUT2D eigenvalue weighted by atomic mass is 10.1. The van der Waals surface area contributed by atoms with Gasteiger partial charge in [0.1, 0.15) is 17.9 Å². The summed E-state index contributed by atoms with van der Waals surface area (Å²) < 4.78 is 10.3. The van der Waals surface area contributed by atoms with Crippen LogP contribution < -0.4 is 10.2 Å². The Labute approximate surface area is 147 Å². The van der Waals surface area contributed by atoms with Gasteiger partial charge in [0.05, 0.1) is 14.2 Å². The van der Waals surface area contributed by atoms with E-state index in [4.69, 9.17) is 9.15 Å². The van der Waals surface area contributed by atoms with Crippen molar-refractivity contribution >= 4 is 17.6 Å². The normalized spacial score (nSPS) is 11.9. The molecule has 0 radical (unpaired) electrons. The molecule has 0 saturated heterocycles. The molecular weight excluding hydrogens is 320 g/mol. The Balaban J connectivity index is 1.97. The van der Waals surface area contributed by atoms with Gasteiger partial charge in [0.2, 0.25) is 0 Å². The molecule has 1 amide bonds. The monoisotopic (exact) mass is 345 g/mol. The summed E-state index contributed by atoms with van der Waals surface area (Å²) in [4.78, 5) is 24.9. The number of aryl methyl sites for hydroxylation is 3. The summed E-state index contributed by atoms with van der Waals surface area (Å²) in [6.07, 6.45) is 0. The number of anilines is 1. The number of para-hydroxylation sites is 1. The molecule has 0 fully saturated rings. The van der Waals surface area contributed by atoms with E-state index in [9.17, 15) is 9.59 Å². The Morgan fingerprint density at radius 3 is 2.44 bits per heavy atom. The number of furan rings is 1. The molecule has 2 rings (SSSR count). The molecule has 6 nitrogen and oxygen atoms in total. The van der Waals surface area contributed by atoms with Crippen molar-refractivity contribution in [1.82, 2.24) is 0 Å². The van der Waals surface area contributed by atoms with E-state index in [1.54, 1.807) is 13.0 Å². The lowest BCUT2D eigenvalue weighted by Crippen LogP contribution is -3.08. The minimum absolute atomic E-state index is 0.0635. The molecule has 2 N–H and O–H groups in total. The molecule has 2 aromatic rings. The minimum Gasteiger partial charge on any atom is -0.465 e. The fourth-order valence-electron chi connectivity index (χ4n) is 2.77. The maximum Gasteiger partial charge on any atom is 0.341 e. The summed E-state index contributed by atoms with van der Waals surface area (Å²) in [5.74, 6) is 0.689. The van der Waals surface area contributed by atoms with Gasteiger partial charge in [0.15, 0.2) is 12.3 Å². The standard InChI is InChI=1S/C19H24N2O4/c1-12-7-6-8-13(2)18(12)20-17(22)11-21(4)10-15-9-16(14(3)25-15)19(23)24-5/h6-9H,10-11H2,1-5H3,(H,20,22)/p+1. The van der Waals surface area contributed by atoms with E-state index < -0.39 is 5.97 Å². The number of benzene rings is 1. The van der Waals surface area contributed by atoms with Crippen LogP contribution in [0.25, 0.3) is 0 Å². The van der Waals surface area contributed by atoms with Crippen molar-refractivity contribution in [2.45, 2.75) is 27.3 Å². The first-order valence-corrected chi connectivity index (χ1v) is 8.16.